The molecule has 0 bridgehead atoms. The number of nitrogens with two attached hydrogens (primary N) is 1. The second kappa shape index (κ2) is 4.94. The van der Waals surface area contributed by atoms with Crippen molar-refractivity contribution in [2.45, 2.75) is 23.9 Å². The minimum atomic E-state index is 0.623. The molecule has 0 amide bonds. The van der Waals surface area contributed by atoms with Gasteiger partial charge in [-0.2, -0.15) is 0 Å². The molecular weight excluding hydrogens is 254 g/mol. The van der Waals surface area contributed by atoms with E-state index in [1.165, 1.54) is 11.8 Å². The van der Waals surface area contributed by atoms with Crippen LogP contribution in [0.1, 0.15) is 11.4 Å². The molecule has 1 heterocycles. The lowest BCUT2D eigenvalue weighted by Gasteiger charge is -2.07. The molecule has 1 aromatic carbocycles. The fourth-order valence-electron chi connectivity index (χ4n) is 1.46. The molecule has 0 unspecified atom stereocenters. The summed E-state index contributed by atoms with van der Waals surface area (Å²) in [6.45, 7) is 3.88. The first-order chi connectivity index (χ1) is 8.06. The van der Waals surface area contributed by atoms with Crippen LogP contribution in [0.15, 0.2) is 34.3 Å². The summed E-state index contributed by atoms with van der Waals surface area (Å²) in [5.41, 5.74) is 8.40. The summed E-state index contributed by atoms with van der Waals surface area (Å²) in [5, 5.41) is 1.29. The normalized spacial score (nSPS) is 10.5. The van der Waals surface area contributed by atoms with Crippen LogP contribution in [0.5, 0.6) is 0 Å². The third kappa shape index (κ3) is 2.90. The summed E-state index contributed by atoms with van der Waals surface area (Å²) >= 11 is 7.49. The van der Waals surface area contributed by atoms with E-state index in [0.717, 1.165) is 16.3 Å². The first-order valence-electron chi connectivity index (χ1n) is 5.10. The Kier molecular flexibility index (Phi) is 3.54. The van der Waals surface area contributed by atoms with Gasteiger partial charge in [0.2, 0.25) is 0 Å². The molecule has 17 heavy (non-hydrogen) atoms. The molecule has 0 spiro atoms. The van der Waals surface area contributed by atoms with E-state index in [0.29, 0.717) is 15.9 Å². The molecular formula is C12H12ClN3S. The molecule has 0 atom stereocenters. The number of anilines is 1. The number of hydrogen-bond acceptors (Lipinski definition) is 4. The SMILES string of the molecule is Cc1cc(C)nc(Sc2c(N)cccc2Cl)n1. The van der Waals surface area contributed by atoms with Gasteiger partial charge in [-0.25, -0.2) is 9.97 Å². The number of aryl methyl sites for hydroxylation is 2. The van der Waals surface area contributed by atoms with Crippen molar-refractivity contribution >= 4 is 29.1 Å². The topological polar surface area (TPSA) is 51.8 Å². The highest BCUT2D eigenvalue weighted by Crippen LogP contribution is 2.35. The maximum Gasteiger partial charge on any atom is 0.193 e. The zero-order valence-corrected chi connectivity index (χ0v) is 11.1. The van der Waals surface area contributed by atoms with Gasteiger partial charge < -0.3 is 5.73 Å². The molecule has 2 aromatic rings. The molecule has 5 heteroatoms. The highest BCUT2D eigenvalue weighted by atomic mass is 35.5. The number of halogens is 1. The second-order valence-electron chi connectivity index (χ2n) is 3.69. The van der Waals surface area contributed by atoms with Gasteiger partial charge >= 0.3 is 0 Å². The summed E-state index contributed by atoms with van der Waals surface area (Å²) in [7, 11) is 0. The fraction of sp³-hybridized carbons (Fsp3) is 0.167. The Morgan fingerprint density at radius 3 is 2.41 bits per heavy atom. The van der Waals surface area contributed by atoms with Crippen molar-refractivity contribution in [3.63, 3.8) is 0 Å². The molecule has 0 saturated heterocycles. The molecule has 0 radical (unpaired) electrons. The van der Waals surface area contributed by atoms with Gasteiger partial charge in [-0.3, -0.25) is 0 Å². The highest BCUT2D eigenvalue weighted by molar-refractivity contribution is 7.99. The number of rotatable bonds is 2. The quantitative estimate of drug-likeness (QED) is 0.667. The monoisotopic (exact) mass is 265 g/mol. The summed E-state index contributed by atoms with van der Waals surface area (Å²) in [5.74, 6) is 0. The van der Waals surface area contributed by atoms with Crippen molar-refractivity contribution in [1.82, 2.24) is 9.97 Å². The number of hydrogen-bond donors (Lipinski definition) is 1. The van der Waals surface area contributed by atoms with Gasteiger partial charge in [0.1, 0.15) is 0 Å². The van der Waals surface area contributed by atoms with Gasteiger partial charge in [-0.15, -0.1) is 0 Å². The summed E-state index contributed by atoms with van der Waals surface area (Å²) in [6, 6.07) is 7.38. The van der Waals surface area contributed by atoms with Crippen molar-refractivity contribution in [3.8, 4) is 0 Å². The molecule has 88 valence electrons. The lowest BCUT2D eigenvalue weighted by atomic mass is 10.3. The largest absolute Gasteiger partial charge is 0.398 e. The van der Waals surface area contributed by atoms with E-state index in [4.69, 9.17) is 17.3 Å². The molecule has 0 aliphatic heterocycles. The van der Waals surface area contributed by atoms with Gasteiger partial charge in [0, 0.05) is 17.1 Å². The van der Waals surface area contributed by atoms with E-state index < -0.39 is 0 Å². The standard InChI is InChI=1S/C12H12ClN3S/c1-7-6-8(2)16-12(15-7)17-11-9(13)4-3-5-10(11)14/h3-6H,14H2,1-2H3. The maximum atomic E-state index is 6.10. The van der Waals surface area contributed by atoms with Crippen LogP contribution in [0.3, 0.4) is 0 Å². The molecule has 2 N–H and O–H groups in total. The van der Waals surface area contributed by atoms with Gasteiger partial charge in [-0.05, 0) is 43.8 Å². The van der Waals surface area contributed by atoms with E-state index in [2.05, 4.69) is 9.97 Å². The highest BCUT2D eigenvalue weighted by Gasteiger charge is 2.09. The Hall–Kier alpha value is -1.26. The second-order valence-corrected chi connectivity index (χ2v) is 5.08. The van der Waals surface area contributed by atoms with E-state index in [1.807, 2.05) is 38.1 Å². The van der Waals surface area contributed by atoms with Gasteiger partial charge in [0.05, 0.1) is 9.92 Å². The molecule has 1 aromatic heterocycles. The Labute approximate surface area is 109 Å². The van der Waals surface area contributed by atoms with Crippen molar-refractivity contribution in [1.29, 1.82) is 0 Å². The Morgan fingerprint density at radius 2 is 1.82 bits per heavy atom. The van der Waals surface area contributed by atoms with Crippen LogP contribution in [0.4, 0.5) is 5.69 Å². The third-order valence-electron chi connectivity index (χ3n) is 2.15. The maximum absolute atomic E-state index is 6.10. The van der Waals surface area contributed by atoms with Crippen molar-refractivity contribution in [2.24, 2.45) is 0 Å². The van der Waals surface area contributed by atoms with Crippen LogP contribution in [0.25, 0.3) is 0 Å². The number of nitrogens with zero attached hydrogens (tertiary/aromatic N) is 2. The first-order valence-corrected chi connectivity index (χ1v) is 6.30. The lowest BCUT2D eigenvalue weighted by Crippen LogP contribution is -1.94. The molecule has 0 aliphatic carbocycles. The van der Waals surface area contributed by atoms with Gasteiger partial charge in [0.25, 0.3) is 0 Å². The number of nitrogen functional groups attached to an aromatic ring is 1. The molecule has 0 fully saturated rings. The van der Waals surface area contributed by atoms with Gasteiger partial charge in [0.15, 0.2) is 5.16 Å². The molecule has 3 nitrogen and oxygen atoms in total. The minimum Gasteiger partial charge on any atom is -0.398 e. The van der Waals surface area contributed by atoms with Gasteiger partial charge in [-0.1, -0.05) is 17.7 Å². The minimum absolute atomic E-state index is 0.623. The summed E-state index contributed by atoms with van der Waals surface area (Å²) < 4.78 is 0. The summed E-state index contributed by atoms with van der Waals surface area (Å²) in [6.07, 6.45) is 0. The Bertz CT molecular complexity index is 517. The van der Waals surface area contributed by atoms with Crippen molar-refractivity contribution in [3.05, 3.63) is 40.7 Å². The fourth-order valence-corrected chi connectivity index (χ4v) is 2.67. The van der Waals surface area contributed by atoms with Crippen LogP contribution in [-0.2, 0) is 0 Å². The average molecular weight is 266 g/mol. The van der Waals surface area contributed by atoms with E-state index in [-0.39, 0.29) is 0 Å². The van der Waals surface area contributed by atoms with Crippen LogP contribution in [0.2, 0.25) is 5.02 Å². The molecule has 0 aliphatic rings. The van der Waals surface area contributed by atoms with E-state index >= 15 is 0 Å². The Morgan fingerprint density at radius 1 is 1.18 bits per heavy atom. The van der Waals surface area contributed by atoms with Crippen LogP contribution < -0.4 is 5.73 Å². The summed E-state index contributed by atoms with van der Waals surface area (Å²) in [4.78, 5) is 9.50. The number of benzene rings is 1. The number of aromatic nitrogens is 2. The third-order valence-corrected chi connectivity index (χ3v) is 3.60. The smallest absolute Gasteiger partial charge is 0.193 e. The molecule has 2 rings (SSSR count). The van der Waals surface area contributed by atoms with Crippen LogP contribution >= 0.6 is 23.4 Å². The lowest BCUT2D eigenvalue weighted by molar-refractivity contribution is 0.902. The van der Waals surface area contributed by atoms with Crippen molar-refractivity contribution in [2.75, 3.05) is 5.73 Å². The van der Waals surface area contributed by atoms with Crippen LogP contribution in [-0.4, -0.2) is 9.97 Å². The molecule has 0 saturated carbocycles. The first kappa shape index (κ1) is 12.2. The van der Waals surface area contributed by atoms with Crippen LogP contribution in [0, 0.1) is 13.8 Å². The van der Waals surface area contributed by atoms with E-state index in [1.54, 1.807) is 0 Å². The Balaban J connectivity index is 2.38. The predicted octanol–water partition coefficient (Wildman–Crippen LogP) is 3.48. The average Bonchev–Trinajstić information content (AvgIpc) is 2.22. The zero-order valence-electron chi connectivity index (χ0n) is 9.57. The van der Waals surface area contributed by atoms with Crippen molar-refractivity contribution < 1.29 is 0 Å². The zero-order chi connectivity index (χ0) is 12.4. The predicted molar refractivity (Wildman–Crippen MR) is 71.5 cm³/mol. The van der Waals surface area contributed by atoms with E-state index in [9.17, 15) is 0 Å².